The average molecular weight is 829 g/mol. The Kier molecular flexibility index (Phi) is 11.2. The van der Waals surface area contributed by atoms with Crippen LogP contribution in [0.3, 0.4) is 0 Å². The zero-order chi connectivity index (χ0) is 42.5. The number of hydrogen-bond acceptors (Lipinski definition) is 8. The van der Waals surface area contributed by atoms with Gasteiger partial charge < -0.3 is 19.7 Å². The molecule has 4 heterocycles. The predicted octanol–water partition coefficient (Wildman–Crippen LogP) is 8.76. The van der Waals surface area contributed by atoms with Crippen molar-refractivity contribution in [2.24, 2.45) is 12.5 Å². The highest BCUT2D eigenvalue weighted by molar-refractivity contribution is 6.03. The second kappa shape index (κ2) is 16.6. The fraction of sp³-hybridized carbons (Fsp3) is 0.490. The summed E-state index contributed by atoms with van der Waals surface area (Å²) in [6.07, 6.45) is 14.9. The van der Waals surface area contributed by atoms with E-state index < -0.39 is 17.8 Å². The standard InChI is InChI=1S/C49H57FN6O5/c1-31-34(24-39(50)41-25-38(33-13-14-33)35(26-51-41)27-56-21-5-4-12-44(56)47(59)60)8-6-9-36(31)37-10-7-11-40(32(37)2)53-46(58)45-52-42-28-55(22-15-43(42)54(45)3)23-20-48-16-18-49(29-48,19-17-48)61-30-57/h6-11,24-26,30,33,44H,4-5,12-23,27-29H2,1-3H3,(H,53,58)(H,59,60)/b39-24-/t44-,48?,49?/m0/s1. The molecular weight excluding hydrogens is 772 g/mol. The van der Waals surface area contributed by atoms with Gasteiger partial charge in [0.15, 0.2) is 5.82 Å². The smallest absolute Gasteiger partial charge is 0.320 e. The second-order valence-electron chi connectivity index (χ2n) is 18.5. The number of aliphatic carboxylic acids is 1. The zero-order valence-electron chi connectivity index (χ0n) is 35.6. The fourth-order valence-electron chi connectivity index (χ4n) is 11.0. The Bertz CT molecular complexity index is 2390. The second-order valence-corrected chi connectivity index (χ2v) is 18.5. The Labute approximate surface area is 357 Å². The summed E-state index contributed by atoms with van der Waals surface area (Å²) in [5, 5.41) is 13.0. The number of carbonyl (C=O) groups is 3. The Morgan fingerprint density at radius 1 is 1.02 bits per heavy atom. The van der Waals surface area contributed by atoms with Crippen LogP contribution in [-0.4, -0.2) is 79.1 Å². The van der Waals surface area contributed by atoms with Crippen LogP contribution in [-0.2, 0) is 40.9 Å². The highest BCUT2D eigenvalue weighted by Gasteiger charge is 2.55. The summed E-state index contributed by atoms with van der Waals surface area (Å²) in [5.74, 6) is -0.735. The van der Waals surface area contributed by atoms with E-state index in [1.807, 2.05) is 72.8 Å². The minimum atomic E-state index is -0.786. The number of pyridine rings is 1. The van der Waals surface area contributed by atoms with Gasteiger partial charge in [0.1, 0.15) is 17.5 Å². The number of carbonyl (C=O) groups excluding carboxylic acids is 2. The van der Waals surface area contributed by atoms with Crippen molar-refractivity contribution in [3.63, 3.8) is 0 Å². The first-order chi connectivity index (χ1) is 29.4. The van der Waals surface area contributed by atoms with E-state index in [2.05, 4.69) is 15.2 Å². The largest absolute Gasteiger partial charge is 0.480 e. The lowest BCUT2D eigenvalue weighted by atomic mass is 9.81. The van der Waals surface area contributed by atoms with Crippen LogP contribution < -0.4 is 5.32 Å². The molecule has 61 heavy (non-hydrogen) atoms. The number of anilines is 1. The van der Waals surface area contributed by atoms with Crippen molar-refractivity contribution in [1.29, 1.82) is 0 Å². The molecular formula is C49H57FN6O5. The number of nitrogens with zero attached hydrogens (tertiary/aromatic N) is 5. The summed E-state index contributed by atoms with van der Waals surface area (Å²) in [5.41, 5.74) is 9.51. The van der Waals surface area contributed by atoms with E-state index in [1.54, 1.807) is 12.3 Å². The third kappa shape index (κ3) is 8.16. The van der Waals surface area contributed by atoms with Gasteiger partial charge in [-0.1, -0.05) is 36.8 Å². The number of benzene rings is 2. The van der Waals surface area contributed by atoms with Crippen LogP contribution in [0.2, 0.25) is 0 Å². The number of nitrogens with one attached hydrogen (secondary N) is 1. The molecule has 2 aliphatic heterocycles. The van der Waals surface area contributed by atoms with Gasteiger partial charge in [0.2, 0.25) is 0 Å². The molecule has 2 aromatic heterocycles. The van der Waals surface area contributed by atoms with Gasteiger partial charge in [0.25, 0.3) is 12.4 Å². The van der Waals surface area contributed by atoms with Gasteiger partial charge in [-0.15, -0.1) is 0 Å². The molecule has 4 aromatic rings. The first-order valence-corrected chi connectivity index (χ1v) is 22.2. The molecule has 3 aliphatic carbocycles. The van der Waals surface area contributed by atoms with Crippen LogP contribution in [0.15, 0.2) is 48.7 Å². The molecule has 5 aliphatic rings. The molecule has 1 saturated heterocycles. The predicted molar refractivity (Wildman–Crippen MR) is 232 cm³/mol. The molecule has 9 rings (SSSR count). The average Bonchev–Trinajstić information content (AvgIpc) is 3.85. The van der Waals surface area contributed by atoms with E-state index in [0.717, 1.165) is 141 Å². The number of hydrogen-bond donors (Lipinski definition) is 2. The van der Waals surface area contributed by atoms with E-state index in [9.17, 15) is 19.5 Å². The number of likely N-dealkylation sites (tertiary alicyclic amines) is 1. The first-order valence-electron chi connectivity index (χ1n) is 22.2. The number of halogens is 1. The van der Waals surface area contributed by atoms with Crippen molar-refractivity contribution in [2.75, 3.05) is 25.0 Å². The van der Waals surface area contributed by atoms with E-state index in [4.69, 9.17) is 9.72 Å². The number of fused-ring (bicyclic) bond motifs is 3. The van der Waals surface area contributed by atoms with Crippen molar-refractivity contribution in [2.45, 2.75) is 122 Å². The van der Waals surface area contributed by atoms with Crippen LogP contribution >= 0.6 is 0 Å². The number of aromatic nitrogens is 3. The normalized spacial score (nSPS) is 24.1. The van der Waals surface area contributed by atoms with E-state index in [1.165, 1.54) is 0 Å². The monoisotopic (exact) mass is 828 g/mol. The van der Waals surface area contributed by atoms with Gasteiger partial charge >= 0.3 is 5.97 Å². The van der Waals surface area contributed by atoms with Crippen LogP contribution in [0.5, 0.6) is 0 Å². The summed E-state index contributed by atoms with van der Waals surface area (Å²) < 4.78 is 23.7. The third-order valence-electron chi connectivity index (χ3n) is 14.8. The molecule has 3 saturated carbocycles. The minimum absolute atomic E-state index is 0.240. The Balaban J connectivity index is 0.884. The Morgan fingerprint density at radius 3 is 2.54 bits per heavy atom. The highest BCUT2D eigenvalue weighted by Crippen LogP contribution is 2.59. The molecule has 2 aromatic carbocycles. The van der Waals surface area contributed by atoms with E-state index >= 15 is 4.39 Å². The SMILES string of the molecule is Cc1c(/C=C(\F)c2cc(C3CC3)c(CN3CCCC[C@H]3C(=O)O)cn2)cccc1-c1cccc(NC(=O)c2nc3c(n2C)CCN(CCC24CCC(OC=O)(CC2)C4)C3)c1C. The van der Waals surface area contributed by atoms with Crippen molar-refractivity contribution >= 4 is 35.9 Å². The van der Waals surface area contributed by atoms with Crippen LogP contribution in [0, 0.1) is 19.3 Å². The quantitative estimate of drug-likeness (QED) is 0.120. The number of ether oxygens (including phenoxy) is 1. The zero-order valence-corrected chi connectivity index (χ0v) is 35.6. The van der Waals surface area contributed by atoms with Gasteiger partial charge in [0.05, 0.1) is 11.4 Å². The summed E-state index contributed by atoms with van der Waals surface area (Å²) in [4.78, 5) is 50.9. The number of imidazole rings is 1. The molecule has 12 heteroatoms. The lowest BCUT2D eigenvalue weighted by Crippen LogP contribution is -2.44. The molecule has 4 fully saturated rings. The topological polar surface area (TPSA) is 130 Å². The number of carboxylic acid groups (broad SMARTS) is 1. The number of rotatable bonds is 14. The number of amides is 1. The Hall–Kier alpha value is -5.20. The van der Waals surface area contributed by atoms with Crippen LogP contribution in [0.1, 0.15) is 132 Å². The minimum Gasteiger partial charge on any atom is -0.480 e. The maximum absolute atomic E-state index is 16.2. The van der Waals surface area contributed by atoms with E-state index in [-0.39, 0.29) is 22.6 Å². The summed E-state index contributed by atoms with van der Waals surface area (Å²) in [6, 6.07) is 13.1. The lowest BCUT2D eigenvalue weighted by molar-refractivity contribution is -0.145. The molecule has 1 amide bonds. The summed E-state index contributed by atoms with van der Waals surface area (Å²) in [6.45, 7) is 8.44. The number of piperidine rings is 1. The maximum atomic E-state index is 16.2. The van der Waals surface area contributed by atoms with Gasteiger partial charge in [-0.05, 0) is 160 Å². The van der Waals surface area contributed by atoms with Gasteiger partial charge in [0, 0.05) is 50.7 Å². The van der Waals surface area contributed by atoms with Gasteiger partial charge in [-0.3, -0.25) is 29.2 Å². The molecule has 2 N–H and O–H groups in total. The third-order valence-corrected chi connectivity index (χ3v) is 14.8. The number of carboxylic acids is 1. The van der Waals surface area contributed by atoms with E-state index in [0.29, 0.717) is 43.4 Å². The first kappa shape index (κ1) is 41.2. The molecule has 0 radical (unpaired) electrons. The van der Waals surface area contributed by atoms with Gasteiger partial charge in [-0.25, -0.2) is 9.37 Å². The molecule has 11 nitrogen and oxygen atoms in total. The molecule has 2 bridgehead atoms. The van der Waals surface area contributed by atoms with Crippen molar-refractivity contribution in [3.8, 4) is 11.1 Å². The molecule has 1 atom stereocenters. The Morgan fingerprint density at radius 2 is 1.79 bits per heavy atom. The van der Waals surface area contributed by atoms with Crippen LogP contribution in [0.4, 0.5) is 10.1 Å². The van der Waals surface area contributed by atoms with Crippen molar-refractivity contribution in [3.05, 3.63) is 99.4 Å². The van der Waals surface area contributed by atoms with Crippen LogP contribution in [0.25, 0.3) is 23.0 Å². The highest BCUT2D eigenvalue weighted by atomic mass is 19.1. The summed E-state index contributed by atoms with van der Waals surface area (Å²) in [7, 11) is 1.92. The fourth-order valence-corrected chi connectivity index (χ4v) is 11.0. The van der Waals surface area contributed by atoms with Crippen molar-refractivity contribution < 1.29 is 28.6 Å². The van der Waals surface area contributed by atoms with Gasteiger partial charge in [-0.2, -0.15) is 0 Å². The lowest BCUT2D eigenvalue weighted by Gasteiger charge is -2.33. The molecule has 320 valence electrons. The molecule has 0 spiro atoms. The summed E-state index contributed by atoms with van der Waals surface area (Å²) >= 11 is 0. The van der Waals surface area contributed by atoms with Crippen molar-refractivity contribution in [1.82, 2.24) is 24.3 Å². The molecule has 0 unspecified atom stereocenters. The maximum Gasteiger partial charge on any atom is 0.320 e.